The fourth-order valence-corrected chi connectivity index (χ4v) is 6.69. The Labute approximate surface area is 302 Å². The first-order valence-electron chi connectivity index (χ1n) is 17.2. The number of fused-ring (bicyclic) bond motifs is 15. The number of carbonyl (C=O) groups excluding carboxylic acids is 1. The first-order valence-corrected chi connectivity index (χ1v) is 17.2. The van der Waals surface area contributed by atoms with Gasteiger partial charge in [0.25, 0.3) is 0 Å². The van der Waals surface area contributed by atoms with Crippen molar-refractivity contribution in [2.45, 2.75) is 53.4 Å². The molecule has 0 atom stereocenters. The number of aromatic nitrogens is 2. The summed E-state index contributed by atoms with van der Waals surface area (Å²) in [4.78, 5) is 16.8. The summed E-state index contributed by atoms with van der Waals surface area (Å²) in [6.07, 6.45) is 4.91. The Bertz CT molecular complexity index is 2350. The van der Waals surface area contributed by atoms with Crippen molar-refractivity contribution >= 4 is 65.7 Å². The van der Waals surface area contributed by atoms with E-state index in [9.17, 15) is 9.90 Å². The van der Waals surface area contributed by atoms with Gasteiger partial charge < -0.3 is 9.51 Å². The first-order chi connectivity index (χ1) is 23.4. The van der Waals surface area contributed by atoms with Crippen molar-refractivity contribution in [2.24, 2.45) is 11.8 Å². The maximum Gasteiger partial charge on any atom is 0.162 e. The quantitative estimate of drug-likeness (QED) is 0.0990. The third-order valence-electron chi connectivity index (χ3n) is 9.53. The number of para-hydroxylation sites is 2. The zero-order valence-electron chi connectivity index (χ0n) is 28.6. The fraction of sp³-hybridized carbons (Fsp3) is 0.227. The van der Waals surface area contributed by atoms with Crippen molar-refractivity contribution in [3.63, 3.8) is 0 Å². The van der Waals surface area contributed by atoms with E-state index in [0.29, 0.717) is 0 Å². The second-order valence-electron chi connectivity index (χ2n) is 12.4. The van der Waals surface area contributed by atoms with Gasteiger partial charge in [0, 0.05) is 43.5 Å². The number of nitrogens with zero attached hydrogens (tertiary/aromatic N) is 2. The minimum Gasteiger partial charge on any atom is -0.512 e. The Hall–Kier alpha value is -4.57. The summed E-state index contributed by atoms with van der Waals surface area (Å²) in [7, 11) is 0. The van der Waals surface area contributed by atoms with E-state index in [0.717, 1.165) is 58.7 Å². The van der Waals surface area contributed by atoms with Gasteiger partial charge in [0.15, 0.2) is 5.78 Å². The molecule has 0 amide bonds. The minimum atomic E-state index is 0. The SMILES string of the molecule is CCC(CC)C(=O)/C=C(\O)C(CC)CC.[Ir].[c-]1ccc2cc1c1nc3ccccc3n1c1cccc(c1)c1ccccc1c1cccc2c1. The van der Waals surface area contributed by atoms with Crippen LogP contribution in [-0.2, 0) is 24.9 Å². The van der Waals surface area contributed by atoms with Gasteiger partial charge in [-0.3, -0.25) is 9.78 Å². The molecule has 0 fully saturated rings. The molecule has 7 aromatic rings. The first kappa shape index (κ1) is 35.7. The van der Waals surface area contributed by atoms with Crippen molar-refractivity contribution in [2.75, 3.05) is 0 Å². The van der Waals surface area contributed by atoms with Crippen molar-refractivity contribution in [1.82, 2.24) is 9.38 Å². The van der Waals surface area contributed by atoms with Gasteiger partial charge >= 0.3 is 0 Å². The summed E-state index contributed by atoms with van der Waals surface area (Å²) < 4.78 is 2.25. The van der Waals surface area contributed by atoms with Gasteiger partial charge in [-0.25, -0.2) is 0 Å². The summed E-state index contributed by atoms with van der Waals surface area (Å²) in [6, 6.07) is 44.3. The van der Waals surface area contributed by atoms with Crippen molar-refractivity contribution in [3.05, 3.63) is 133 Å². The normalized spacial score (nSPS) is 11.7. The van der Waals surface area contributed by atoms with Gasteiger partial charge in [-0.2, -0.15) is 0 Å². The smallest absolute Gasteiger partial charge is 0.162 e. The van der Waals surface area contributed by atoms with Crippen LogP contribution in [0.2, 0.25) is 0 Å². The molecule has 5 aromatic carbocycles. The molecule has 0 spiro atoms. The van der Waals surface area contributed by atoms with Crippen LogP contribution in [0.25, 0.3) is 59.9 Å². The number of allylic oxidation sites excluding steroid dienone is 2. The van der Waals surface area contributed by atoms with E-state index in [1.165, 1.54) is 33.0 Å². The molecule has 0 aliphatic rings. The predicted molar refractivity (Wildman–Crippen MR) is 203 cm³/mol. The molecule has 1 radical (unpaired) electrons. The molecule has 0 saturated heterocycles. The molecule has 0 aliphatic carbocycles. The molecule has 49 heavy (non-hydrogen) atoms. The zero-order valence-corrected chi connectivity index (χ0v) is 31.0. The number of benzene rings is 5. The van der Waals surface area contributed by atoms with Gasteiger partial charge in [-0.1, -0.05) is 94.4 Å². The summed E-state index contributed by atoms with van der Waals surface area (Å²) in [6.45, 7) is 8.07. The largest absolute Gasteiger partial charge is 0.512 e. The molecule has 2 heterocycles. The third-order valence-corrected chi connectivity index (χ3v) is 9.53. The standard InChI is InChI=1S/C31H19N2.C13H24O2.Ir/c1-2-15-28-24-11-7-13-26(20-24)33-30-17-4-3-16-29(30)32-31(33)25-12-6-9-22(19-25)21-8-5-10-23(18-21)27(28)14-1;1-5-10(6-2)12(14)9-13(15)11(7-3)8-4;/h1-11,13-20H;9-11,14H,5-8H2,1-4H3;/q-1;;/b;12-9-;. The van der Waals surface area contributed by atoms with E-state index in [-0.39, 0.29) is 43.5 Å². The molecular weight excluding hydrogens is 781 g/mol. The van der Waals surface area contributed by atoms with E-state index in [1.54, 1.807) is 0 Å². The van der Waals surface area contributed by atoms with Crippen LogP contribution in [-0.4, -0.2) is 20.3 Å². The number of aliphatic hydroxyl groups excluding tert-OH is 1. The van der Waals surface area contributed by atoms with Crippen LogP contribution in [0.5, 0.6) is 0 Å². The van der Waals surface area contributed by atoms with Gasteiger partial charge in [-0.15, -0.1) is 35.0 Å². The average Bonchev–Trinajstić information content (AvgIpc) is 3.53. The Morgan fingerprint density at radius 1 is 0.714 bits per heavy atom. The number of carbonyl (C=O) groups is 1. The number of hydrogen-bond donors (Lipinski definition) is 1. The molecule has 4 nitrogen and oxygen atoms in total. The van der Waals surface area contributed by atoms with Gasteiger partial charge in [0.1, 0.15) is 0 Å². The number of hydrogen-bond acceptors (Lipinski definition) is 3. The van der Waals surface area contributed by atoms with E-state index >= 15 is 0 Å². The number of rotatable bonds is 7. The van der Waals surface area contributed by atoms with E-state index in [1.807, 2.05) is 39.8 Å². The Balaban J connectivity index is 0.000000252. The molecule has 6 bridgehead atoms. The van der Waals surface area contributed by atoms with Crippen LogP contribution in [0.15, 0.2) is 127 Å². The summed E-state index contributed by atoms with van der Waals surface area (Å²) >= 11 is 0. The Morgan fingerprint density at radius 3 is 2.00 bits per heavy atom. The van der Waals surface area contributed by atoms with Crippen molar-refractivity contribution in [1.29, 1.82) is 0 Å². The summed E-state index contributed by atoms with van der Waals surface area (Å²) in [5.74, 6) is 0.547. The number of imidazole rings is 1. The predicted octanol–water partition coefficient (Wildman–Crippen LogP) is 11.9. The number of aliphatic hydroxyl groups is 1. The maximum atomic E-state index is 11.7. The van der Waals surface area contributed by atoms with E-state index in [4.69, 9.17) is 4.98 Å². The summed E-state index contributed by atoms with van der Waals surface area (Å²) in [5, 5.41) is 17.9. The minimum absolute atomic E-state index is 0. The number of ketones is 1. The Kier molecular flexibility index (Phi) is 11.8. The summed E-state index contributed by atoms with van der Waals surface area (Å²) in [5.41, 5.74) is 4.06. The average molecular weight is 824 g/mol. The molecule has 251 valence electrons. The van der Waals surface area contributed by atoms with Crippen LogP contribution in [0.4, 0.5) is 0 Å². The molecule has 0 unspecified atom stereocenters. The second kappa shape index (κ2) is 16.2. The van der Waals surface area contributed by atoms with Crippen LogP contribution >= 0.6 is 0 Å². The van der Waals surface area contributed by atoms with Crippen LogP contribution in [0, 0.1) is 17.9 Å². The molecule has 7 rings (SSSR count). The third kappa shape index (κ3) is 7.54. The molecular formula is C44H43IrN2O2-. The monoisotopic (exact) mass is 824 g/mol. The van der Waals surface area contributed by atoms with Gasteiger partial charge in [0.2, 0.25) is 0 Å². The van der Waals surface area contributed by atoms with Crippen LogP contribution < -0.4 is 0 Å². The van der Waals surface area contributed by atoms with Gasteiger partial charge in [0.05, 0.1) is 22.4 Å². The van der Waals surface area contributed by atoms with Crippen LogP contribution in [0.1, 0.15) is 53.4 Å². The fourth-order valence-electron chi connectivity index (χ4n) is 6.69. The topological polar surface area (TPSA) is 54.6 Å². The maximum absolute atomic E-state index is 11.7. The second-order valence-corrected chi connectivity index (χ2v) is 12.4. The molecule has 0 saturated carbocycles. The van der Waals surface area contributed by atoms with Crippen molar-refractivity contribution < 1.29 is 30.0 Å². The molecule has 2 aromatic heterocycles. The molecule has 0 aliphatic heterocycles. The van der Waals surface area contributed by atoms with E-state index in [2.05, 4.69) is 114 Å². The molecule has 5 heteroatoms. The van der Waals surface area contributed by atoms with Crippen LogP contribution in [0.3, 0.4) is 0 Å². The molecule has 1 N–H and O–H groups in total. The van der Waals surface area contributed by atoms with E-state index < -0.39 is 0 Å². The van der Waals surface area contributed by atoms with Gasteiger partial charge in [-0.05, 0) is 82.9 Å². The van der Waals surface area contributed by atoms with Crippen molar-refractivity contribution in [3.8, 4) is 0 Å². The zero-order chi connectivity index (χ0) is 33.6. The Morgan fingerprint density at radius 2 is 1.31 bits per heavy atom.